The molecule has 0 radical (unpaired) electrons. The van der Waals surface area contributed by atoms with Crippen LogP contribution in [0.5, 0.6) is 0 Å². The molecule has 162 valence electrons. The van der Waals surface area contributed by atoms with Crippen LogP contribution in [0.2, 0.25) is 0 Å². The monoisotopic (exact) mass is 436 g/mol. The summed E-state index contributed by atoms with van der Waals surface area (Å²) in [6, 6.07) is 12.3. The number of rotatable bonds is 10. The van der Waals surface area contributed by atoms with Gasteiger partial charge in [-0.15, -0.1) is 11.3 Å². The molecule has 0 fully saturated rings. The van der Waals surface area contributed by atoms with E-state index >= 15 is 0 Å². The zero-order chi connectivity index (χ0) is 22.1. The number of hydrogen-bond donors (Lipinski definition) is 2. The Morgan fingerprint density at radius 3 is 2.55 bits per heavy atom. The third kappa shape index (κ3) is 6.46. The standard InChI is InChI=1S/C24H28N4O2S/c1-3-17(2)22(28-23(29)19-8-5-4-6-9-19)24(30)26-13-7-10-21-27-20(16-31-21)18-11-14-25-15-12-18/h4-6,8-9,11-12,14-17,22H,3,7,10,13H2,1-2H3,(H,26,30)(H,28,29)/t17-,22-/m1/s1. The van der Waals surface area contributed by atoms with Gasteiger partial charge in [0.25, 0.3) is 5.91 Å². The number of hydrogen-bond acceptors (Lipinski definition) is 5. The van der Waals surface area contributed by atoms with Crippen LogP contribution in [0.3, 0.4) is 0 Å². The van der Waals surface area contributed by atoms with E-state index in [2.05, 4.69) is 20.6 Å². The van der Waals surface area contributed by atoms with Crippen molar-refractivity contribution in [3.05, 3.63) is 70.8 Å². The molecular weight excluding hydrogens is 408 g/mol. The number of aryl methyl sites for hydroxylation is 1. The summed E-state index contributed by atoms with van der Waals surface area (Å²) >= 11 is 1.62. The summed E-state index contributed by atoms with van der Waals surface area (Å²) in [5, 5.41) is 8.96. The first-order valence-corrected chi connectivity index (χ1v) is 11.4. The van der Waals surface area contributed by atoms with Gasteiger partial charge in [-0.3, -0.25) is 14.6 Å². The Bertz CT molecular complexity index is 976. The maximum Gasteiger partial charge on any atom is 0.251 e. The molecule has 0 saturated heterocycles. The van der Waals surface area contributed by atoms with Gasteiger partial charge in [0.2, 0.25) is 5.91 Å². The number of carbonyl (C=O) groups is 2. The second-order valence-corrected chi connectivity index (χ2v) is 8.40. The molecule has 2 aromatic heterocycles. The zero-order valence-electron chi connectivity index (χ0n) is 17.9. The fraction of sp³-hybridized carbons (Fsp3) is 0.333. The highest BCUT2D eigenvalue weighted by atomic mass is 32.1. The van der Waals surface area contributed by atoms with Crippen LogP contribution in [-0.4, -0.2) is 34.4 Å². The molecule has 2 heterocycles. The highest BCUT2D eigenvalue weighted by Gasteiger charge is 2.26. The van der Waals surface area contributed by atoms with Gasteiger partial charge in [-0.25, -0.2) is 4.98 Å². The van der Waals surface area contributed by atoms with Crippen molar-refractivity contribution in [2.45, 2.75) is 39.2 Å². The predicted octanol–water partition coefficient (Wildman–Crippen LogP) is 4.10. The minimum absolute atomic E-state index is 0.0366. The number of benzene rings is 1. The van der Waals surface area contributed by atoms with E-state index in [0.717, 1.165) is 35.5 Å². The van der Waals surface area contributed by atoms with E-state index in [0.29, 0.717) is 12.1 Å². The molecule has 0 aliphatic rings. The van der Waals surface area contributed by atoms with E-state index in [4.69, 9.17) is 0 Å². The smallest absolute Gasteiger partial charge is 0.251 e. The van der Waals surface area contributed by atoms with E-state index in [9.17, 15) is 9.59 Å². The number of amides is 2. The number of nitrogens with zero attached hydrogens (tertiary/aromatic N) is 2. The molecule has 1 aromatic carbocycles. The SMILES string of the molecule is CC[C@@H](C)[C@@H](NC(=O)c1ccccc1)C(=O)NCCCc1nc(-c2ccncc2)cs1. The van der Waals surface area contributed by atoms with Crippen LogP contribution in [0, 0.1) is 5.92 Å². The molecule has 2 N–H and O–H groups in total. The van der Waals surface area contributed by atoms with Gasteiger partial charge in [0.15, 0.2) is 0 Å². The second kappa shape index (κ2) is 11.4. The third-order valence-electron chi connectivity index (χ3n) is 5.21. The first-order chi connectivity index (χ1) is 15.1. The number of thiazole rings is 1. The summed E-state index contributed by atoms with van der Waals surface area (Å²) in [7, 11) is 0. The van der Waals surface area contributed by atoms with Crippen LogP contribution in [0.15, 0.2) is 60.2 Å². The summed E-state index contributed by atoms with van der Waals surface area (Å²) in [6.45, 7) is 4.53. The minimum atomic E-state index is -0.559. The maximum atomic E-state index is 12.8. The third-order valence-corrected chi connectivity index (χ3v) is 6.12. The van der Waals surface area contributed by atoms with E-state index < -0.39 is 6.04 Å². The average Bonchev–Trinajstić information content (AvgIpc) is 3.29. The van der Waals surface area contributed by atoms with Crippen molar-refractivity contribution in [2.24, 2.45) is 5.92 Å². The summed E-state index contributed by atoms with van der Waals surface area (Å²) < 4.78 is 0. The summed E-state index contributed by atoms with van der Waals surface area (Å²) in [6.07, 6.45) is 5.89. The topological polar surface area (TPSA) is 84.0 Å². The zero-order valence-corrected chi connectivity index (χ0v) is 18.7. The number of carbonyl (C=O) groups excluding carboxylic acids is 2. The lowest BCUT2D eigenvalue weighted by atomic mass is 9.97. The lowest BCUT2D eigenvalue weighted by Gasteiger charge is -2.23. The minimum Gasteiger partial charge on any atom is -0.354 e. The Morgan fingerprint density at radius 2 is 1.84 bits per heavy atom. The molecule has 2 amide bonds. The Kier molecular flexibility index (Phi) is 8.29. The van der Waals surface area contributed by atoms with Crippen molar-refractivity contribution in [3.8, 4) is 11.3 Å². The van der Waals surface area contributed by atoms with Crippen molar-refractivity contribution >= 4 is 23.2 Å². The van der Waals surface area contributed by atoms with Crippen molar-refractivity contribution in [1.82, 2.24) is 20.6 Å². The maximum absolute atomic E-state index is 12.8. The van der Waals surface area contributed by atoms with Crippen LogP contribution < -0.4 is 10.6 Å². The lowest BCUT2D eigenvalue weighted by molar-refractivity contribution is -0.124. The van der Waals surface area contributed by atoms with Gasteiger partial charge in [-0.2, -0.15) is 0 Å². The Balaban J connectivity index is 1.49. The molecule has 0 saturated carbocycles. The van der Waals surface area contributed by atoms with Gasteiger partial charge in [0.05, 0.1) is 10.7 Å². The molecule has 7 heteroatoms. The normalized spacial score (nSPS) is 12.7. The van der Waals surface area contributed by atoms with Crippen LogP contribution in [0.4, 0.5) is 0 Å². The molecule has 2 atom stereocenters. The molecule has 0 bridgehead atoms. The van der Waals surface area contributed by atoms with Crippen molar-refractivity contribution < 1.29 is 9.59 Å². The summed E-state index contributed by atoms with van der Waals surface area (Å²) in [4.78, 5) is 34.0. The lowest BCUT2D eigenvalue weighted by Crippen LogP contribution is -2.50. The van der Waals surface area contributed by atoms with E-state index in [1.807, 2.05) is 49.6 Å². The van der Waals surface area contributed by atoms with Gasteiger partial charge in [0.1, 0.15) is 6.04 Å². The summed E-state index contributed by atoms with van der Waals surface area (Å²) in [5.41, 5.74) is 2.56. The Labute approximate surface area is 187 Å². The van der Waals surface area contributed by atoms with Crippen molar-refractivity contribution in [1.29, 1.82) is 0 Å². The number of pyridine rings is 1. The molecule has 0 aliphatic carbocycles. The molecule has 3 rings (SSSR count). The van der Waals surface area contributed by atoms with Gasteiger partial charge < -0.3 is 10.6 Å². The highest BCUT2D eigenvalue weighted by molar-refractivity contribution is 7.09. The quantitative estimate of drug-likeness (QED) is 0.469. The predicted molar refractivity (Wildman–Crippen MR) is 124 cm³/mol. The Hall–Kier alpha value is -3.06. The van der Waals surface area contributed by atoms with Gasteiger partial charge in [-0.05, 0) is 36.6 Å². The van der Waals surface area contributed by atoms with Gasteiger partial charge >= 0.3 is 0 Å². The number of nitrogens with one attached hydrogen (secondary N) is 2. The second-order valence-electron chi connectivity index (χ2n) is 7.46. The molecule has 31 heavy (non-hydrogen) atoms. The van der Waals surface area contributed by atoms with E-state index in [1.54, 1.807) is 35.9 Å². The molecule has 0 unspecified atom stereocenters. The first kappa shape index (κ1) is 22.6. The molecule has 0 spiro atoms. The van der Waals surface area contributed by atoms with Gasteiger partial charge in [0, 0.05) is 41.9 Å². The summed E-state index contributed by atoms with van der Waals surface area (Å²) in [5.74, 6) is -0.336. The largest absolute Gasteiger partial charge is 0.354 e. The molecule has 3 aromatic rings. The van der Waals surface area contributed by atoms with Crippen LogP contribution >= 0.6 is 11.3 Å². The van der Waals surface area contributed by atoms with E-state index in [-0.39, 0.29) is 17.7 Å². The highest BCUT2D eigenvalue weighted by Crippen LogP contribution is 2.21. The van der Waals surface area contributed by atoms with Crippen molar-refractivity contribution in [2.75, 3.05) is 6.54 Å². The van der Waals surface area contributed by atoms with Crippen molar-refractivity contribution in [3.63, 3.8) is 0 Å². The fourth-order valence-corrected chi connectivity index (χ4v) is 4.01. The van der Waals surface area contributed by atoms with Crippen LogP contribution in [0.25, 0.3) is 11.3 Å². The van der Waals surface area contributed by atoms with E-state index in [1.165, 1.54) is 0 Å². The fourth-order valence-electron chi connectivity index (χ4n) is 3.16. The Morgan fingerprint density at radius 1 is 1.10 bits per heavy atom. The number of aromatic nitrogens is 2. The van der Waals surface area contributed by atoms with Crippen LogP contribution in [-0.2, 0) is 11.2 Å². The molecule has 6 nitrogen and oxygen atoms in total. The molecule has 0 aliphatic heterocycles. The van der Waals surface area contributed by atoms with Crippen LogP contribution in [0.1, 0.15) is 42.1 Å². The first-order valence-electron chi connectivity index (χ1n) is 10.6. The molecular formula is C24H28N4O2S. The van der Waals surface area contributed by atoms with Gasteiger partial charge in [-0.1, -0.05) is 38.5 Å². The average molecular weight is 437 g/mol.